The van der Waals surface area contributed by atoms with Gasteiger partial charge in [0, 0.05) is 6.20 Å². The number of alkyl halides is 3. The Morgan fingerprint density at radius 1 is 1.38 bits per heavy atom. The maximum atomic E-state index is 11.8. The second-order valence-corrected chi connectivity index (χ2v) is 2.45. The van der Waals surface area contributed by atoms with Gasteiger partial charge in [0.25, 0.3) is 0 Å². The third kappa shape index (κ3) is 3.02. The van der Waals surface area contributed by atoms with Gasteiger partial charge in [-0.2, -0.15) is 13.2 Å². The van der Waals surface area contributed by atoms with E-state index in [1.807, 2.05) is 0 Å². The van der Waals surface area contributed by atoms with Gasteiger partial charge < -0.3 is 0 Å². The van der Waals surface area contributed by atoms with Gasteiger partial charge in [-0.1, -0.05) is 17.7 Å². The minimum Gasteiger partial charge on any atom is -0.237 e. The van der Waals surface area contributed by atoms with Gasteiger partial charge in [0.1, 0.15) is 0 Å². The Labute approximate surface area is 77.1 Å². The van der Waals surface area contributed by atoms with E-state index in [9.17, 15) is 13.2 Å². The van der Waals surface area contributed by atoms with Crippen LogP contribution in [0.5, 0.6) is 0 Å². The topological polar surface area (TPSA) is 25.2 Å². The summed E-state index contributed by atoms with van der Waals surface area (Å²) in [6.45, 7) is 0. The molecule has 0 aliphatic carbocycles. The molecule has 0 aromatic carbocycles. The SMILES string of the molecule is FC(F)(F)C(Cl)=Nc1ccccn1. The van der Waals surface area contributed by atoms with Crippen LogP contribution in [-0.2, 0) is 0 Å². The monoisotopic (exact) mass is 208 g/mol. The van der Waals surface area contributed by atoms with Crippen LogP contribution in [0.25, 0.3) is 0 Å². The highest BCUT2D eigenvalue weighted by Gasteiger charge is 2.34. The van der Waals surface area contributed by atoms with E-state index in [4.69, 9.17) is 11.6 Å². The Morgan fingerprint density at radius 2 is 2.08 bits per heavy atom. The first-order chi connectivity index (χ1) is 6.00. The minimum absolute atomic E-state index is 0.0650. The zero-order chi connectivity index (χ0) is 9.90. The Kier molecular flexibility index (Phi) is 2.87. The lowest BCUT2D eigenvalue weighted by Gasteiger charge is -2.01. The second-order valence-electron chi connectivity index (χ2n) is 2.09. The molecule has 0 radical (unpaired) electrons. The molecule has 0 saturated carbocycles. The molecule has 0 saturated heterocycles. The van der Waals surface area contributed by atoms with Gasteiger partial charge in [-0.25, -0.2) is 9.98 Å². The third-order valence-electron chi connectivity index (χ3n) is 1.10. The van der Waals surface area contributed by atoms with Crippen LogP contribution in [0.4, 0.5) is 19.0 Å². The van der Waals surface area contributed by atoms with Gasteiger partial charge in [-0.3, -0.25) is 0 Å². The molecule has 1 aromatic rings. The lowest BCUT2D eigenvalue weighted by atomic mass is 10.5. The van der Waals surface area contributed by atoms with Crippen LogP contribution < -0.4 is 0 Å². The van der Waals surface area contributed by atoms with Crippen molar-refractivity contribution in [3.05, 3.63) is 24.4 Å². The van der Waals surface area contributed by atoms with Crippen LogP contribution in [0.15, 0.2) is 29.4 Å². The van der Waals surface area contributed by atoms with Gasteiger partial charge in [-0.05, 0) is 12.1 Å². The number of aliphatic imine (C=N–C) groups is 1. The average molecular weight is 209 g/mol. The van der Waals surface area contributed by atoms with E-state index < -0.39 is 11.3 Å². The molecule has 0 aliphatic rings. The molecule has 6 heteroatoms. The molecule has 70 valence electrons. The molecule has 1 heterocycles. The second kappa shape index (κ2) is 3.74. The summed E-state index contributed by atoms with van der Waals surface area (Å²) < 4.78 is 35.5. The van der Waals surface area contributed by atoms with Crippen molar-refractivity contribution in [3.8, 4) is 0 Å². The van der Waals surface area contributed by atoms with Crippen molar-refractivity contribution in [3.63, 3.8) is 0 Å². The average Bonchev–Trinajstić information content (AvgIpc) is 2.04. The van der Waals surface area contributed by atoms with Gasteiger partial charge >= 0.3 is 6.18 Å². The number of hydrogen-bond donors (Lipinski definition) is 0. The predicted molar refractivity (Wildman–Crippen MR) is 43.2 cm³/mol. The first-order valence-electron chi connectivity index (χ1n) is 3.22. The van der Waals surface area contributed by atoms with Crippen molar-refractivity contribution in [1.82, 2.24) is 4.98 Å². The highest BCUT2D eigenvalue weighted by Crippen LogP contribution is 2.22. The summed E-state index contributed by atoms with van der Waals surface area (Å²) in [5, 5.41) is -1.42. The van der Waals surface area contributed by atoms with E-state index in [1.165, 1.54) is 18.3 Å². The Hall–Kier alpha value is -1.10. The third-order valence-corrected chi connectivity index (χ3v) is 1.39. The Balaban J connectivity index is 2.90. The predicted octanol–water partition coefficient (Wildman–Crippen LogP) is 2.91. The number of halogens is 4. The quantitative estimate of drug-likeness (QED) is 0.652. The lowest BCUT2D eigenvalue weighted by Crippen LogP contribution is -2.16. The molecule has 1 rings (SSSR count). The zero-order valence-electron chi connectivity index (χ0n) is 6.22. The summed E-state index contributed by atoms with van der Waals surface area (Å²) in [7, 11) is 0. The first-order valence-corrected chi connectivity index (χ1v) is 3.60. The number of rotatable bonds is 1. The number of nitrogens with zero attached hydrogens (tertiary/aromatic N) is 2. The van der Waals surface area contributed by atoms with Crippen LogP contribution >= 0.6 is 11.6 Å². The molecule has 0 atom stereocenters. The summed E-state index contributed by atoms with van der Waals surface area (Å²) in [6, 6.07) is 4.42. The number of hydrogen-bond acceptors (Lipinski definition) is 2. The van der Waals surface area contributed by atoms with E-state index in [0.29, 0.717) is 0 Å². The molecule has 2 nitrogen and oxygen atoms in total. The van der Waals surface area contributed by atoms with Crippen LogP contribution in [0, 0.1) is 0 Å². The summed E-state index contributed by atoms with van der Waals surface area (Å²) in [5.41, 5.74) is 0. The molecule has 0 aliphatic heterocycles. The fraction of sp³-hybridized carbons (Fsp3) is 0.143. The molecule has 0 N–H and O–H groups in total. The van der Waals surface area contributed by atoms with Gasteiger partial charge in [0.15, 0.2) is 5.82 Å². The highest BCUT2D eigenvalue weighted by atomic mass is 35.5. The molecular weight excluding hydrogens is 205 g/mol. The Bertz CT molecular complexity index is 307. The summed E-state index contributed by atoms with van der Waals surface area (Å²) in [6.07, 6.45) is -3.28. The maximum Gasteiger partial charge on any atom is 0.444 e. The van der Waals surface area contributed by atoms with Gasteiger partial charge in [0.05, 0.1) is 0 Å². The van der Waals surface area contributed by atoms with Crippen LogP contribution in [0.1, 0.15) is 0 Å². The molecule has 0 amide bonds. The van der Waals surface area contributed by atoms with Gasteiger partial charge in [-0.15, -0.1) is 0 Å². The molecular formula is C7H4ClF3N2. The van der Waals surface area contributed by atoms with Crippen LogP contribution in [0.3, 0.4) is 0 Å². The Morgan fingerprint density at radius 3 is 2.54 bits per heavy atom. The van der Waals surface area contributed by atoms with Gasteiger partial charge in [0.2, 0.25) is 5.17 Å². The summed E-state index contributed by atoms with van der Waals surface area (Å²) >= 11 is 4.88. The largest absolute Gasteiger partial charge is 0.444 e. The smallest absolute Gasteiger partial charge is 0.237 e. The molecule has 0 unspecified atom stereocenters. The first kappa shape index (κ1) is 9.98. The molecule has 0 bridgehead atoms. The summed E-state index contributed by atoms with van der Waals surface area (Å²) in [4.78, 5) is 6.64. The van der Waals surface area contributed by atoms with Crippen molar-refractivity contribution in [2.24, 2.45) is 4.99 Å². The van der Waals surface area contributed by atoms with Crippen molar-refractivity contribution < 1.29 is 13.2 Å². The number of aromatic nitrogens is 1. The van der Waals surface area contributed by atoms with Crippen molar-refractivity contribution in [2.75, 3.05) is 0 Å². The van der Waals surface area contributed by atoms with Crippen molar-refractivity contribution in [1.29, 1.82) is 0 Å². The standard InChI is InChI=1S/C7H4ClF3N2/c8-6(7(9,10)11)13-5-3-1-2-4-12-5/h1-4H. The minimum atomic E-state index is -4.61. The zero-order valence-corrected chi connectivity index (χ0v) is 6.97. The van der Waals surface area contributed by atoms with E-state index in [2.05, 4.69) is 9.98 Å². The molecule has 0 spiro atoms. The van der Waals surface area contributed by atoms with Crippen molar-refractivity contribution in [2.45, 2.75) is 6.18 Å². The molecule has 0 fully saturated rings. The van der Waals surface area contributed by atoms with E-state index >= 15 is 0 Å². The normalized spacial score (nSPS) is 13.1. The maximum absolute atomic E-state index is 11.8. The van der Waals surface area contributed by atoms with E-state index in [1.54, 1.807) is 6.07 Å². The summed E-state index contributed by atoms with van der Waals surface area (Å²) in [5.74, 6) is -0.0650. The van der Waals surface area contributed by atoms with E-state index in [0.717, 1.165) is 0 Å². The lowest BCUT2D eigenvalue weighted by molar-refractivity contribution is -0.0558. The highest BCUT2D eigenvalue weighted by molar-refractivity contribution is 6.67. The fourth-order valence-corrected chi connectivity index (χ4v) is 0.670. The number of pyridine rings is 1. The van der Waals surface area contributed by atoms with Crippen molar-refractivity contribution >= 4 is 22.6 Å². The molecule has 13 heavy (non-hydrogen) atoms. The van der Waals surface area contributed by atoms with Crippen LogP contribution in [0.2, 0.25) is 0 Å². The van der Waals surface area contributed by atoms with Crippen LogP contribution in [-0.4, -0.2) is 16.3 Å². The van der Waals surface area contributed by atoms with E-state index in [-0.39, 0.29) is 5.82 Å². The molecule has 1 aromatic heterocycles. The fourth-order valence-electron chi connectivity index (χ4n) is 0.584.